The fourth-order valence-electron chi connectivity index (χ4n) is 15.0. The number of rotatable bonds is 7. The molecular weight excluding hydrogens is 965 g/mol. The third-order valence-electron chi connectivity index (χ3n) is 18.1. The first-order valence-corrected chi connectivity index (χ1v) is 27.9. The molecule has 14 aromatic rings. The van der Waals surface area contributed by atoms with Crippen molar-refractivity contribution in [3.8, 4) is 50.2 Å². The van der Waals surface area contributed by atoms with Gasteiger partial charge in [-0.1, -0.05) is 261 Å². The van der Waals surface area contributed by atoms with E-state index in [1.165, 1.54) is 116 Å². The van der Waals surface area contributed by atoms with E-state index in [-0.39, 0.29) is 0 Å². The molecule has 0 fully saturated rings. The lowest BCUT2D eigenvalue weighted by Gasteiger charge is -2.39. The molecule has 2 heterocycles. The lowest BCUT2D eigenvalue weighted by Crippen LogP contribution is -2.33. The van der Waals surface area contributed by atoms with Gasteiger partial charge in [-0.2, -0.15) is 0 Å². The van der Waals surface area contributed by atoms with E-state index in [0.717, 1.165) is 28.2 Å². The topological polar surface area (TPSA) is 8.17 Å². The van der Waals surface area contributed by atoms with Crippen LogP contribution in [0.15, 0.2) is 303 Å². The number of fused-ring (bicyclic) bond motifs is 16. The zero-order valence-electron chi connectivity index (χ0n) is 43.8. The Morgan fingerprint density at radius 1 is 0.287 bits per heavy atom. The summed E-state index contributed by atoms with van der Waals surface area (Å²) in [5.41, 5.74) is 25.9. The van der Waals surface area contributed by atoms with Gasteiger partial charge in [-0.15, -0.1) is 0 Å². The van der Waals surface area contributed by atoms with Gasteiger partial charge >= 0.3 is 0 Å². The highest BCUT2D eigenvalue weighted by Gasteiger charge is 2.51. The molecule has 17 rings (SSSR count). The molecule has 1 unspecified atom stereocenters. The SMILES string of the molecule is c1ccc(C2(c3ccccc3)c3ccccc3-c3c(N(c4ccc(-c5cccc6ccccc56)cc4)c4ccccc4-c4ccc5c(c4)C4(c6ccccc6-5)c5ccccc5-n5c6ccccc6c6cccc4c65)cccc32)cc1. The van der Waals surface area contributed by atoms with Gasteiger partial charge in [0.1, 0.15) is 0 Å². The van der Waals surface area contributed by atoms with Gasteiger partial charge in [0.2, 0.25) is 0 Å². The molecule has 0 amide bonds. The number of anilines is 3. The Balaban J connectivity index is 0.928. The Bertz CT molecular complexity index is 4790. The smallest absolute Gasteiger partial charge is 0.0754 e. The average molecular weight is 1020 g/mol. The number of benzene rings is 13. The molecule has 0 bridgehead atoms. The van der Waals surface area contributed by atoms with Crippen molar-refractivity contribution in [2.75, 3.05) is 4.90 Å². The van der Waals surface area contributed by atoms with Crippen molar-refractivity contribution in [1.29, 1.82) is 0 Å². The average Bonchev–Trinajstić information content (AvgIpc) is 2.90. The van der Waals surface area contributed by atoms with Crippen molar-refractivity contribution < 1.29 is 0 Å². The van der Waals surface area contributed by atoms with Crippen LogP contribution in [0.5, 0.6) is 0 Å². The maximum absolute atomic E-state index is 2.55. The summed E-state index contributed by atoms with van der Waals surface area (Å²) in [5, 5.41) is 5.03. The van der Waals surface area contributed by atoms with Crippen LogP contribution in [0.1, 0.15) is 44.5 Å². The van der Waals surface area contributed by atoms with Crippen LogP contribution in [0.2, 0.25) is 0 Å². The zero-order valence-corrected chi connectivity index (χ0v) is 43.8. The van der Waals surface area contributed by atoms with Crippen LogP contribution in [0.4, 0.5) is 17.1 Å². The highest BCUT2D eigenvalue weighted by Crippen LogP contribution is 2.63. The summed E-state index contributed by atoms with van der Waals surface area (Å²) >= 11 is 0. The molecule has 1 atom stereocenters. The summed E-state index contributed by atoms with van der Waals surface area (Å²) in [6.07, 6.45) is 0. The quantitative estimate of drug-likeness (QED) is 0.154. The maximum Gasteiger partial charge on any atom is 0.0754 e. The standard InChI is InChI=1S/C78H50N2/c1-3-24-54(25-4-1)77(55-26-5-2-6-27-55)66-36-14-10-32-64(66)75-68(77)38-21-43-74(75)79(56-47-44-52(45-48-56)58-33-19-23-51-22-7-8-28-57(51)58)71-40-16-11-29-59(71)53-46-49-61-60-30-9-13-35-65(60)78(70(61)50-53)67-37-15-18-42-73(67)80-72-41-17-12-31-62(72)63-34-20-39-69(78)76(63)80/h1-50H. The molecule has 1 aliphatic heterocycles. The van der Waals surface area contributed by atoms with Gasteiger partial charge in [0.25, 0.3) is 0 Å². The van der Waals surface area contributed by atoms with Gasteiger partial charge in [-0.05, 0) is 131 Å². The Labute approximate surface area is 465 Å². The Kier molecular flexibility index (Phi) is 9.58. The number of para-hydroxylation sites is 4. The minimum atomic E-state index is -0.587. The summed E-state index contributed by atoms with van der Waals surface area (Å²) in [4.78, 5) is 2.55. The van der Waals surface area contributed by atoms with Crippen LogP contribution in [0, 0.1) is 0 Å². The maximum atomic E-state index is 2.55. The molecule has 80 heavy (non-hydrogen) atoms. The van der Waals surface area contributed by atoms with Crippen LogP contribution < -0.4 is 4.90 Å². The van der Waals surface area contributed by atoms with Crippen LogP contribution in [0.3, 0.4) is 0 Å². The lowest BCUT2D eigenvalue weighted by molar-refractivity contribution is 0.749. The van der Waals surface area contributed by atoms with Gasteiger partial charge in [0.05, 0.1) is 38.9 Å². The first-order valence-electron chi connectivity index (χ1n) is 27.9. The first kappa shape index (κ1) is 44.8. The van der Waals surface area contributed by atoms with Gasteiger partial charge in [-0.3, -0.25) is 0 Å². The van der Waals surface area contributed by atoms with E-state index in [2.05, 4.69) is 313 Å². The Morgan fingerprint density at radius 2 is 0.812 bits per heavy atom. The summed E-state index contributed by atoms with van der Waals surface area (Å²) in [6.45, 7) is 0. The summed E-state index contributed by atoms with van der Waals surface area (Å²) in [5.74, 6) is 0. The number of aromatic nitrogens is 1. The summed E-state index contributed by atoms with van der Waals surface area (Å²) < 4.78 is 2.53. The first-order chi connectivity index (χ1) is 39.7. The lowest BCUT2D eigenvalue weighted by atomic mass is 9.65. The molecular formula is C78H50N2. The second-order valence-electron chi connectivity index (χ2n) is 21.8. The molecule has 0 saturated carbocycles. The minimum absolute atomic E-state index is 0.567. The van der Waals surface area contributed by atoms with E-state index in [1.54, 1.807) is 0 Å². The zero-order chi connectivity index (χ0) is 52.5. The van der Waals surface area contributed by atoms with E-state index in [4.69, 9.17) is 0 Å². The fourth-order valence-corrected chi connectivity index (χ4v) is 15.0. The predicted molar refractivity (Wildman–Crippen MR) is 332 cm³/mol. The highest BCUT2D eigenvalue weighted by molar-refractivity contribution is 6.13. The molecule has 0 N–H and O–H groups in total. The van der Waals surface area contributed by atoms with Crippen molar-refractivity contribution in [3.63, 3.8) is 0 Å². The molecule has 372 valence electrons. The summed E-state index contributed by atoms with van der Waals surface area (Å²) in [7, 11) is 0. The van der Waals surface area contributed by atoms with E-state index >= 15 is 0 Å². The van der Waals surface area contributed by atoms with Crippen LogP contribution in [-0.4, -0.2) is 4.57 Å². The predicted octanol–water partition coefficient (Wildman–Crippen LogP) is 19.8. The molecule has 2 aliphatic carbocycles. The molecule has 2 nitrogen and oxygen atoms in total. The second-order valence-corrected chi connectivity index (χ2v) is 21.8. The molecule has 13 aromatic carbocycles. The van der Waals surface area contributed by atoms with Crippen molar-refractivity contribution in [2.24, 2.45) is 0 Å². The Hall–Kier alpha value is -10.3. The van der Waals surface area contributed by atoms with Crippen molar-refractivity contribution in [1.82, 2.24) is 4.57 Å². The van der Waals surface area contributed by atoms with Crippen LogP contribution >= 0.6 is 0 Å². The highest BCUT2D eigenvalue weighted by atomic mass is 15.1. The van der Waals surface area contributed by atoms with Crippen molar-refractivity contribution >= 4 is 49.6 Å². The number of hydrogen-bond donors (Lipinski definition) is 0. The largest absolute Gasteiger partial charge is 0.309 e. The molecule has 0 radical (unpaired) electrons. The van der Waals surface area contributed by atoms with Crippen LogP contribution in [-0.2, 0) is 10.8 Å². The number of hydrogen-bond acceptors (Lipinski definition) is 1. The number of nitrogens with zero attached hydrogens (tertiary/aromatic N) is 2. The molecule has 1 spiro atoms. The van der Waals surface area contributed by atoms with Crippen molar-refractivity contribution in [2.45, 2.75) is 10.8 Å². The van der Waals surface area contributed by atoms with Gasteiger partial charge in [0.15, 0.2) is 0 Å². The minimum Gasteiger partial charge on any atom is -0.309 e. The molecule has 3 aliphatic rings. The van der Waals surface area contributed by atoms with E-state index in [9.17, 15) is 0 Å². The molecule has 1 aromatic heterocycles. The fraction of sp³-hybridized carbons (Fsp3) is 0.0256. The van der Waals surface area contributed by atoms with E-state index < -0.39 is 10.8 Å². The van der Waals surface area contributed by atoms with Gasteiger partial charge in [0, 0.05) is 27.6 Å². The van der Waals surface area contributed by atoms with E-state index in [1.807, 2.05) is 0 Å². The van der Waals surface area contributed by atoms with Crippen molar-refractivity contribution in [3.05, 3.63) is 348 Å². The third kappa shape index (κ3) is 5.97. The summed E-state index contributed by atoms with van der Waals surface area (Å²) in [6, 6.07) is 114. The Morgan fingerprint density at radius 3 is 1.61 bits per heavy atom. The van der Waals surface area contributed by atoms with Gasteiger partial charge in [-0.25, -0.2) is 0 Å². The molecule has 2 heteroatoms. The molecule has 0 saturated heterocycles. The third-order valence-corrected chi connectivity index (χ3v) is 18.1. The van der Waals surface area contributed by atoms with Gasteiger partial charge < -0.3 is 9.47 Å². The van der Waals surface area contributed by atoms with E-state index in [0.29, 0.717) is 0 Å². The monoisotopic (exact) mass is 1010 g/mol. The van der Waals surface area contributed by atoms with Crippen LogP contribution in [0.25, 0.3) is 82.8 Å². The normalized spacial score (nSPS) is 14.9. The second kappa shape index (κ2) is 17.1.